The first-order chi connectivity index (χ1) is 7.24. The summed E-state index contributed by atoms with van der Waals surface area (Å²) < 4.78 is 0. The lowest BCUT2D eigenvalue weighted by Crippen LogP contribution is -2.37. The van der Waals surface area contributed by atoms with Crippen molar-refractivity contribution in [3.05, 3.63) is 29.8 Å². The van der Waals surface area contributed by atoms with E-state index >= 15 is 0 Å². The minimum Gasteiger partial charge on any atom is -0.313 e. The molecule has 1 aliphatic rings. The van der Waals surface area contributed by atoms with Gasteiger partial charge in [0.2, 0.25) is 5.91 Å². The predicted molar refractivity (Wildman–Crippen MR) is 60.9 cm³/mol. The van der Waals surface area contributed by atoms with E-state index in [1.165, 1.54) is 5.56 Å². The molecule has 1 amide bonds. The van der Waals surface area contributed by atoms with Crippen molar-refractivity contribution in [2.75, 3.05) is 18.5 Å². The summed E-state index contributed by atoms with van der Waals surface area (Å²) in [4.78, 5) is 13.3. The smallest absolute Gasteiger partial charge is 0.223 e. The van der Waals surface area contributed by atoms with E-state index in [4.69, 9.17) is 0 Å². The molecule has 2 rings (SSSR count). The van der Waals surface area contributed by atoms with Gasteiger partial charge in [-0.3, -0.25) is 4.79 Å². The molecular formula is C12H16N2O. The van der Waals surface area contributed by atoms with Crippen LogP contribution in [-0.4, -0.2) is 19.5 Å². The number of rotatable bonds is 1. The fourth-order valence-electron chi connectivity index (χ4n) is 2.19. The van der Waals surface area contributed by atoms with Crippen molar-refractivity contribution in [3.63, 3.8) is 0 Å². The van der Waals surface area contributed by atoms with Crippen LogP contribution in [0.2, 0.25) is 0 Å². The first kappa shape index (κ1) is 10.2. The number of hydrogen-bond donors (Lipinski definition) is 1. The quantitative estimate of drug-likeness (QED) is 0.755. The number of nitrogens with one attached hydrogen (secondary N) is 1. The minimum atomic E-state index is 0.122. The third-order valence-electron chi connectivity index (χ3n) is 2.97. The Morgan fingerprint density at radius 3 is 2.87 bits per heavy atom. The summed E-state index contributed by atoms with van der Waals surface area (Å²) in [7, 11) is 1.96. The zero-order valence-electron chi connectivity index (χ0n) is 9.16. The molecule has 0 saturated carbocycles. The molecule has 1 N–H and O–H groups in total. The standard InChI is InChI=1S/C12H16N2O/c1-9(15)14-8-7-11(13-2)10-5-3-4-6-12(10)14/h3-6,11,13H,7-8H2,1-2H3. The van der Waals surface area contributed by atoms with Crippen LogP contribution in [0.4, 0.5) is 5.69 Å². The van der Waals surface area contributed by atoms with Crippen molar-refractivity contribution in [2.45, 2.75) is 19.4 Å². The van der Waals surface area contributed by atoms with Gasteiger partial charge in [0.15, 0.2) is 0 Å². The van der Waals surface area contributed by atoms with E-state index in [1.807, 2.05) is 30.1 Å². The van der Waals surface area contributed by atoms with Gasteiger partial charge >= 0.3 is 0 Å². The van der Waals surface area contributed by atoms with Crippen LogP contribution < -0.4 is 10.2 Å². The molecule has 3 heteroatoms. The van der Waals surface area contributed by atoms with Crippen LogP contribution in [0, 0.1) is 0 Å². The molecule has 0 radical (unpaired) electrons. The Bertz CT molecular complexity index is 376. The third-order valence-corrected chi connectivity index (χ3v) is 2.97. The van der Waals surface area contributed by atoms with Crippen LogP contribution in [0.25, 0.3) is 0 Å². The monoisotopic (exact) mass is 204 g/mol. The molecule has 3 nitrogen and oxygen atoms in total. The average molecular weight is 204 g/mol. The molecule has 1 heterocycles. The van der Waals surface area contributed by atoms with Crippen LogP contribution in [0.5, 0.6) is 0 Å². The fraction of sp³-hybridized carbons (Fsp3) is 0.417. The molecular weight excluding hydrogens is 188 g/mol. The van der Waals surface area contributed by atoms with Crippen molar-refractivity contribution in [3.8, 4) is 0 Å². The highest BCUT2D eigenvalue weighted by atomic mass is 16.2. The highest BCUT2D eigenvalue weighted by Crippen LogP contribution is 2.33. The van der Waals surface area contributed by atoms with Gasteiger partial charge in [-0.25, -0.2) is 0 Å². The highest BCUT2D eigenvalue weighted by molar-refractivity contribution is 5.92. The van der Waals surface area contributed by atoms with E-state index in [1.54, 1.807) is 6.92 Å². The second kappa shape index (κ2) is 4.03. The summed E-state index contributed by atoms with van der Waals surface area (Å²) in [6.07, 6.45) is 0.979. The lowest BCUT2D eigenvalue weighted by Gasteiger charge is -2.33. The number of anilines is 1. The van der Waals surface area contributed by atoms with Crippen molar-refractivity contribution < 1.29 is 4.79 Å². The maximum absolute atomic E-state index is 11.5. The zero-order chi connectivity index (χ0) is 10.8. The molecule has 0 aliphatic carbocycles. The maximum Gasteiger partial charge on any atom is 0.223 e. The lowest BCUT2D eigenvalue weighted by atomic mass is 9.96. The van der Waals surface area contributed by atoms with Gasteiger partial charge in [0.05, 0.1) is 0 Å². The molecule has 80 valence electrons. The Morgan fingerprint density at radius 2 is 2.20 bits per heavy atom. The van der Waals surface area contributed by atoms with E-state index in [2.05, 4.69) is 11.4 Å². The van der Waals surface area contributed by atoms with E-state index in [0.29, 0.717) is 6.04 Å². The summed E-state index contributed by atoms with van der Waals surface area (Å²) in [6, 6.07) is 8.47. The van der Waals surface area contributed by atoms with Crippen molar-refractivity contribution >= 4 is 11.6 Å². The van der Waals surface area contributed by atoms with Gasteiger partial charge < -0.3 is 10.2 Å². The lowest BCUT2D eigenvalue weighted by molar-refractivity contribution is -0.116. The molecule has 0 aromatic heterocycles. The number of carbonyl (C=O) groups is 1. The van der Waals surface area contributed by atoms with Gasteiger partial charge in [0.1, 0.15) is 0 Å². The van der Waals surface area contributed by atoms with E-state index in [0.717, 1.165) is 18.7 Å². The predicted octanol–water partition coefficient (Wildman–Crippen LogP) is 1.70. The summed E-state index contributed by atoms with van der Waals surface area (Å²) in [6.45, 7) is 2.42. The van der Waals surface area contributed by atoms with Crippen molar-refractivity contribution in [1.29, 1.82) is 0 Å². The Labute approximate surface area is 90.1 Å². The first-order valence-corrected chi connectivity index (χ1v) is 5.28. The molecule has 15 heavy (non-hydrogen) atoms. The second-order valence-electron chi connectivity index (χ2n) is 3.86. The van der Waals surface area contributed by atoms with Crippen LogP contribution in [0.1, 0.15) is 24.9 Å². The highest BCUT2D eigenvalue weighted by Gasteiger charge is 2.25. The number of para-hydroxylation sites is 1. The molecule has 1 aromatic carbocycles. The number of fused-ring (bicyclic) bond motifs is 1. The summed E-state index contributed by atoms with van der Waals surface area (Å²) >= 11 is 0. The number of hydrogen-bond acceptors (Lipinski definition) is 2. The minimum absolute atomic E-state index is 0.122. The number of carbonyl (C=O) groups excluding carboxylic acids is 1. The Balaban J connectivity index is 2.43. The molecule has 0 spiro atoms. The van der Waals surface area contributed by atoms with Gasteiger partial charge in [-0.1, -0.05) is 18.2 Å². The van der Waals surface area contributed by atoms with Crippen LogP contribution in [0.15, 0.2) is 24.3 Å². The van der Waals surface area contributed by atoms with Crippen molar-refractivity contribution in [1.82, 2.24) is 5.32 Å². The third kappa shape index (κ3) is 1.75. The molecule has 1 aromatic rings. The summed E-state index contributed by atoms with van der Waals surface area (Å²) in [5.74, 6) is 0.122. The topological polar surface area (TPSA) is 32.3 Å². The van der Waals surface area contributed by atoms with E-state index in [-0.39, 0.29) is 5.91 Å². The average Bonchev–Trinajstić information content (AvgIpc) is 2.27. The molecule has 0 bridgehead atoms. The van der Waals surface area contributed by atoms with Gasteiger partial charge in [-0.2, -0.15) is 0 Å². The molecule has 0 saturated heterocycles. The van der Waals surface area contributed by atoms with E-state index < -0.39 is 0 Å². The summed E-state index contributed by atoms with van der Waals surface area (Å²) in [5, 5.41) is 3.28. The molecule has 1 aliphatic heterocycles. The Hall–Kier alpha value is -1.35. The molecule has 1 atom stereocenters. The zero-order valence-corrected chi connectivity index (χ0v) is 9.16. The van der Waals surface area contributed by atoms with Gasteiger partial charge in [0.25, 0.3) is 0 Å². The molecule has 1 unspecified atom stereocenters. The van der Waals surface area contributed by atoms with Gasteiger partial charge in [-0.05, 0) is 25.1 Å². The summed E-state index contributed by atoms with van der Waals surface area (Å²) in [5.41, 5.74) is 2.28. The van der Waals surface area contributed by atoms with Gasteiger partial charge in [-0.15, -0.1) is 0 Å². The first-order valence-electron chi connectivity index (χ1n) is 5.28. The number of benzene rings is 1. The van der Waals surface area contributed by atoms with E-state index in [9.17, 15) is 4.79 Å². The Kier molecular flexibility index (Phi) is 2.73. The second-order valence-corrected chi connectivity index (χ2v) is 3.86. The van der Waals surface area contributed by atoms with Crippen LogP contribution in [-0.2, 0) is 4.79 Å². The Morgan fingerprint density at radius 1 is 1.47 bits per heavy atom. The van der Waals surface area contributed by atoms with Gasteiger partial charge in [0, 0.05) is 25.2 Å². The van der Waals surface area contributed by atoms with Crippen LogP contribution in [0.3, 0.4) is 0 Å². The number of nitrogens with zero attached hydrogens (tertiary/aromatic N) is 1. The molecule has 0 fully saturated rings. The maximum atomic E-state index is 11.5. The number of amides is 1. The SMILES string of the molecule is CNC1CCN(C(C)=O)c2ccccc21. The normalized spacial score (nSPS) is 19.9. The largest absolute Gasteiger partial charge is 0.313 e. The fourth-order valence-corrected chi connectivity index (χ4v) is 2.19. The van der Waals surface area contributed by atoms with Crippen molar-refractivity contribution in [2.24, 2.45) is 0 Å². The van der Waals surface area contributed by atoms with Crippen LogP contribution >= 0.6 is 0 Å².